The van der Waals surface area contributed by atoms with Crippen LogP contribution in [-0.4, -0.2) is 36.5 Å². The molecule has 0 atom stereocenters. The number of carbonyl (C=O) groups excluding carboxylic acids is 1. The van der Waals surface area contributed by atoms with E-state index in [1.807, 2.05) is 30.5 Å². The Labute approximate surface area is 143 Å². The number of nitrogens with one attached hydrogen (secondary N) is 1. The topological polar surface area (TPSA) is 102 Å². The van der Waals surface area contributed by atoms with Crippen molar-refractivity contribution in [2.24, 2.45) is 0 Å². The van der Waals surface area contributed by atoms with Crippen molar-refractivity contribution in [3.8, 4) is 0 Å². The summed E-state index contributed by atoms with van der Waals surface area (Å²) in [5, 5.41) is 19.7. The largest absolute Gasteiger partial charge is 0.481 e. The van der Waals surface area contributed by atoms with Gasteiger partial charge in [-0.25, -0.2) is 0 Å². The minimum atomic E-state index is -0.937. The molecule has 2 heterocycles. The molecule has 128 valence electrons. The lowest BCUT2D eigenvalue weighted by Crippen LogP contribution is -2.19. The molecule has 8 heteroatoms. The standard InChI is InChI=1S/C17H17N5O3/c23-16(24)6-10-22-15(5-8-19-22)17(25)20-14-4-1-3-13(11-14)12-21-9-2-7-18-21/h1-5,7-9,11H,6,10,12H2,(H,20,25)(H,23,24). The monoisotopic (exact) mass is 339 g/mol. The summed E-state index contributed by atoms with van der Waals surface area (Å²) in [5.41, 5.74) is 1.97. The van der Waals surface area contributed by atoms with Gasteiger partial charge in [-0.05, 0) is 29.8 Å². The van der Waals surface area contributed by atoms with Crippen molar-refractivity contribution < 1.29 is 14.7 Å². The van der Waals surface area contributed by atoms with Gasteiger partial charge in [-0.1, -0.05) is 12.1 Å². The van der Waals surface area contributed by atoms with E-state index < -0.39 is 5.97 Å². The Balaban J connectivity index is 1.69. The molecule has 0 spiro atoms. The second-order valence-electron chi connectivity index (χ2n) is 5.44. The second-order valence-corrected chi connectivity index (χ2v) is 5.44. The molecule has 3 aromatic rings. The highest BCUT2D eigenvalue weighted by Crippen LogP contribution is 2.13. The lowest BCUT2D eigenvalue weighted by molar-refractivity contribution is -0.137. The van der Waals surface area contributed by atoms with E-state index in [0.29, 0.717) is 17.9 Å². The zero-order chi connectivity index (χ0) is 17.6. The van der Waals surface area contributed by atoms with E-state index in [1.165, 1.54) is 10.9 Å². The minimum Gasteiger partial charge on any atom is -0.481 e. The third-order valence-corrected chi connectivity index (χ3v) is 3.58. The smallest absolute Gasteiger partial charge is 0.305 e. The van der Waals surface area contributed by atoms with Crippen LogP contribution in [0.2, 0.25) is 0 Å². The second kappa shape index (κ2) is 7.43. The van der Waals surface area contributed by atoms with Gasteiger partial charge >= 0.3 is 5.97 Å². The maximum Gasteiger partial charge on any atom is 0.305 e. The third kappa shape index (κ3) is 4.31. The van der Waals surface area contributed by atoms with E-state index in [9.17, 15) is 9.59 Å². The summed E-state index contributed by atoms with van der Waals surface area (Å²) in [5.74, 6) is -1.27. The number of nitrogens with zero attached hydrogens (tertiary/aromatic N) is 4. The molecule has 1 aromatic carbocycles. The van der Waals surface area contributed by atoms with Crippen LogP contribution in [0.3, 0.4) is 0 Å². The fourth-order valence-electron chi connectivity index (χ4n) is 2.43. The van der Waals surface area contributed by atoms with Crippen LogP contribution in [0.5, 0.6) is 0 Å². The summed E-state index contributed by atoms with van der Waals surface area (Å²) in [7, 11) is 0. The van der Waals surface area contributed by atoms with Gasteiger partial charge in [0.1, 0.15) is 5.69 Å². The number of aromatic nitrogens is 4. The molecular weight excluding hydrogens is 322 g/mol. The Morgan fingerprint density at radius 2 is 2.00 bits per heavy atom. The molecule has 8 nitrogen and oxygen atoms in total. The molecule has 0 saturated heterocycles. The van der Waals surface area contributed by atoms with Crippen LogP contribution >= 0.6 is 0 Å². The van der Waals surface area contributed by atoms with E-state index in [4.69, 9.17) is 5.11 Å². The Morgan fingerprint density at radius 1 is 1.12 bits per heavy atom. The number of rotatable bonds is 7. The van der Waals surface area contributed by atoms with Crippen LogP contribution in [0.4, 0.5) is 5.69 Å². The predicted molar refractivity (Wildman–Crippen MR) is 90.2 cm³/mol. The number of hydrogen-bond donors (Lipinski definition) is 2. The van der Waals surface area contributed by atoms with Crippen LogP contribution in [0.1, 0.15) is 22.5 Å². The van der Waals surface area contributed by atoms with Gasteiger partial charge < -0.3 is 10.4 Å². The normalized spacial score (nSPS) is 10.6. The first-order valence-electron chi connectivity index (χ1n) is 7.73. The molecular formula is C17H17N5O3. The maximum atomic E-state index is 12.4. The van der Waals surface area contributed by atoms with Crippen molar-refractivity contribution in [3.63, 3.8) is 0 Å². The van der Waals surface area contributed by atoms with E-state index in [0.717, 1.165) is 5.56 Å². The molecule has 0 aliphatic carbocycles. The first-order valence-corrected chi connectivity index (χ1v) is 7.73. The minimum absolute atomic E-state index is 0.0959. The molecule has 0 unspecified atom stereocenters. The van der Waals surface area contributed by atoms with Gasteiger partial charge in [0.15, 0.2) is 0 Å². The molecule has 0 bridgehead atoms. The highest BCUT2D eigenvalue weighted by molar-refractivity contribution is 6.03. The van der Waals surface area contributed by atoms with Gasteiger partial charge in [-0.15, -0.1) is 0 Å². The van der Waals surface area contributed by atoms with E-state index in [2.05, 4.69) is 15.5 Å². The molecule has 25 heavy (non-hydrogen) atoms. The van der Waals surface area contributed by atoms with Crippen LogP contribution in [0.15, 0.2) is 55.0 Å². The number of carbonyl (C=O) groups is 2. The number of hydrogen-bond acceptors (Lipinski definition) is 4. The van der Waals surface area contributed by atoms with E-state index in [-0.39, 0.29) is 18.9 Å². The van der Waals surface area contributed by atoms with Crippen LogP contribution in [0.25, 0.3) is 0 Å². The van der Waals surface area contributed by atoms with Crippen molar-refractivity contribution in [3.05, 3.63) is 66.2 Å². The first-order chi connectivity index (χ1) is 12.1. The summed E-state index contributed by atoms with van der Waals surface area (Å²) in [6.45, 7) is 0.748. The predicted octanol–water partition coefficient (Wildman–Crippen LogP) is 1.85. The van der Waals surface area contributed by atoms with Gasteiger partial charge in [0.25, 0.3) is 5.91 Å². The van der Waals surface area contributed by atoms with E-state index >= 15 is 0 Å². The number of benzene rings is 1. The lowest BCUT2D eigenvalue weighted by Gasteiger charge is -2.09. The number of aliphatic carboxylic acids is 1. The first kappa shape index (κ1) is 16.4. The summed E-state index contributed by atoms with van der Waals surface area (Å²) < 4.78 is 3.18. The average Bonchev–Trinajstić information content (AvgIpc) is 3.24. The van der Waals surface area contributed by atoms with Gasteiger partial charge in [-0.2, -0.15) is 10.2 Å². The van der Waals surface area contributed by atoms with Gasteiger partial charge in [0.05, 0.1) is 19.5 Å². The molecule has 0 saturated carbocycles. The number of carboxylic acids is 1. The lowest BCUT2D eigenvalue weighted by atomic mass is 10.2. The average molecular weight is 339 g/mol. The van der Waals surface area contributed by atoms with Crippen molar-refractivity contribution in [2.45, 2.75) is 19.5 Å². The number of carboxylic acid groups (broad SMARTS) is 1. The highest BCUT2D eigenvalue weighted by Gasteiger charge is 2.13. The highest BCUT2D eigenvalue weighted by atomic mass is 16.4. The Morgan fingerprint density at radius 3 is 2.76 bits per heavy atom. The van der Waals surface area contributed by atoms with Crippen molar-refractivity contribution in [1.29, 1.82) is 0 Å². The number of aryl methyl sites for hydroxylation is 1. The molecule has 2 N–H and O–H groups in total. The fraction of sp³-hybridized carbons (Fsp3) is 0.176. The van der Waals surface area contributed by atoms with Gasteiger partial charge in [0, 0.05) is 24.3 Å². The molecule has 0 aliphatic rings. The third-order valence-electron chi connectivity index (χ3n) is 3.58. The van der Waals surface area contributed by atoms with Crippen LogP contribution in [-0.2, 0) is 17.9 Å². The van der Waals surface area contributed by atoms with Crippen molar-refractivity contribution in [1.82, 2.24) is 19.6 Å². The number of anilines is 1. The Bertz CT molecular complexity index is 870. The summed E-state index contributed by atoms with van der Waals surface area (Å²) in [6.07, 6.45) is 4.96. The summed E-state index contributed by atoms with van der Waals surface area (Å²) in [4.78, 5) is 23.1. The maximum absolute atomic E-state index is 12.4. The SMILES string of the molecule is O=C(O)CCn1nccc1C(=O)Nc1cccc(Cn2cccn2)c1. The zero-order valence-electron chi connectivity index (χ0n) is 13.4. The molecule has 1 amide bonds. The van der Waals surface area contributed by atoms with Crippen LogP contribution < -0.4 is 5.32 Å². The van der Waals surface area contributed by atoms with E-state index in [1.54, 1.807) is 23.0 Å². The molecule has 2 aromatic heterocycles. The summed E-state index contributed by atoms with van der Waals surface area (Å²) in [6, 6.07) is 10.9. The number of amides is 1. The molecule has 0 aliphatic heterocycles. The van der Waals surface area contributed by atoms with Gasteiger partial charge in [0.2, 0.25) is 0 Å². The van der Waals surface area contributed by atoms with Crippen molar-refractivity contribution in [2.75, 3.05) is 5.32 Å². The Kier molecular flexibility index (Phi) is 4.89. The van der Waals surface area contributed by atoms with Gasteiger partial charge in [-0.3, -0.25) is 19.0 Å². The fourth-order valence-corrected chi connectivity index (χ4v) is 2.43. The van der Waals surface area contributed by atoms with Crippen LogP contribution in [0, 0.1) is 0 Å². The summed E-state index contributed by atoms with van der Waals surface area (Å²) >= 11 is 0. The molecule has 0 radical (unpaired) electrons. The molecule has 0 fully saturated rings. The molecule has 3 rings (SSSR count). The quantitative estimate of drug-likeness (QED) is 0.684. The Hall–Kier alpha value is -3.42. The zero-order valence-corrected chi connectivity index (χ0v) is 13.4. The van der Waals surface area contributed by atoms with Crippen molar-refractivity contribution >= 4 is 17.6 Å².